The number of hydrogen-bond donors (Lipinski definition) is 2. The number of nitrogens with one attached hydrogen (secondary N) is 1. The van der Waals surface area contributed by atoms with Crippen molar-refractivity contribution in [2.24, 2.45) is 0 Å². The zero-order valence-electron chi connectivity index (χ0n) is 10.6. The number of nitrogens with zero attached hydrogens (tertiary/aromatic N) is 1. The molecule has 0 aliphatic rings. The van der Waals surface area contributed by atoms with E-state index in [0.29, 0.717) is 11.6 Å². The molecule has 0 atom stereocenters. The molecule has 4 heteroatoms. The van der Waals surface area contributed by atoms with Crippen molar-refractivity contribution in [3.63, 3.8) is 0 Å². The smallest absolute Gasteiger partial charge is 0.238 e. The van der Waals surface area contributed by atoms with E-state index >= 15 is 0 Å². The second-order valence-electron chi connectivity index (χ2n) is 4.08. The first-order valence-electron chi connectivity index (χ1n) is 5.79. The third-order valence-electron chi connectivity index (χ3n) is 2.80. The zero-order valence-corrected chi connectivity index (χ0v) is 10.6. The SMILES string of the molecule is COc1nc(NCc2ccccc2C)ccc1N. The lowest BCUT2D eigenvalue weighted by Crippen LogP contribution is -2.04. The zero-order chi connectivity index (χ0) is 13.0. The van der Waals surface area contributed by atoms with Gasteiger partial charge in [0, 0.05) is 6.54 Å². The Morgan fingerprint density at radius 3 is 2.72 bits per heavy atom. The van der Waals surface area contributed by atoms with Gasteiger partial charge in [-0.25, -0.2) is 0 Å². The van der Waals surface area contributed by atoms with Gasteiger partial charge in [-0.2, -0.15) is 4.98 Å². The number of hydrogen-bond acceptors (Lipinski definition) is 4. The van der Waals surface area contributed by atoms with Crippen LogP contribution in [0.1, 0.15) is 11.1 Å². The molecule has 2 rings (SSSR count). The molecule has 0 unspecified atom stereocenters. The third kappa shape index (κ3) is 2.71. The van der Waals surface area contributed by atoms with Gasteiger partial charge >= 0.3 is 0 Å². The maximum Gasteiger partial charge on any atom is 0.238 e. The van der Waals surface area contributed by atoms with Gasteiger partial charge in [0.1, 0.15) is 5.82 Å². The maximum atomic E-state index is 5.72. The van der Waals surface area contributed by atoms with Crippen molar-refractivity contribution >= 4 is 11.5 Å². The summed E-state index contributed by atoms with van der Waals surface area (Å²) < 4.78 is 5.09. The van der Waals surface area contributed by atoms with Crippen LogP contribution in [0, 0.1) is 6.92 Å². The Bertz CT molecular complexity index is 540. The standard InChI is InChI=1S/C14H17N3O/c1-10-5-3-4-6-11(10)9-16-13-8-7-12(15)14(17-13)18-2/h3-8H,9,15H2,1-2H3,(H,16,17). The van der Waals surface area contributed by atoms with Crippen LogP contribution in [-0.4, -0.2) is 12.1 Å². The summed E-state index contributed by atoms with van der Waals surface area (Å²) in [6.45, 7) is 2.82. The van der Waals surface area contributed by atoms with Gasteiger partial charge in [0.25, 0.3) is 0 Å². The van der Waals surface area contributed by atoms with Crippen LogP contribution < -0.4 is 15.8 Å². The van der Waals surface area contributed by atoms with E-state index in [-0.39, 0.29) is 0 Å². The van der Waals surface area contributed by atoms with E-state index in [2.05, 4.69) is 29.4 Å². The molecule has 2 aromatic rings. The summed E-state index contributed by atoms with van der Waals surface area (Å²) in [5.41, 5.74) is 8.76. The summed E-state index contributed by atoms with van der Waals surface area (Å²) in [4.78, 5) is 4.28. The lowest BCUT2D eigenvalue weighted by Gasteiger charge is -2.10. The second kappa shape index (κ2) is 5.40. The molecular formula is C14H17N3O. The molecule has 4 nitrogen and oxygen atoms in total. The van der Waals surface area contributed by atoms with Gasteiger partial charge in [0.2, 0.25) is 5.88 Å². The summed E-state index contributed by atoms with van der Waals surface area (Å²) >= 11 is 0. The fraction of sp³-hybridized carbons (Fsp3) is 0.214. The van der Waals surface area contributed by atoms with Crippen LogP contribution in [0.2, 0.25) is 0 Å². The summed E-state index contributed by atoms with van der Waals surface area (Å²) in [6.07, 6.45) is 0. The molecule has 1 aromatic heterocycles. The molecule has 0 aliphatic heterocycles. The van der Waals surface area contributed by atoms with Crippen molar-refractivity contribution in [3.05, 3.63) is 47.5 Å². The molecule has 0 amide bonds. The van der Waals surface area contributed by atoms with Crippen molar-refractivity contribution in [1.82, 2.24) is 4.98 Å². The second-order valence-corrected chi connectivity index (χ2v) is 4.08. The molecule has 0 saturated heterocycles. The number of nitrogens with two attached hydrogens (primary N) is 1. The number of pyridine rings is 1. The largest absolute Gasteiger partial charge is 0.479 e. The average Bonchev–Trinajstić information content (AvgIpc) is 2.39. The van der Waals surface area contributed by atoms with Crippen LogP contribution >= 0.6 is 0 Å². The van der Waals surface area contributed by atoms with E-state index in [4.69, 9.17) is 10.5 Å². The predicted molar refractivity (Wildman–Crippen MR) is 73.7 cm³/mol. The molecule has 18 heavy (non-hydrogen) atoms. The highest BCUT2D eigenvalue weighted by atomic mass is 16.5. The number of aromatic nitrogens is 1. The summed E-state index contributed by atoms with van der Waals surface area (Å²) in [5, 5.41) is 3.26. The lowest BCUT2D eigenvalue weighted by atomic mass is 10.1. The Morgan fingerprint density at radius 1 is 1.22 bits per heavy atom. The van der Waals surface area contributed by atoms with Crippen LogP contribution in [0.15, 0.2) is 36.4 Å². The predicted octanol–water partition coefficient (Wildman–Crippen LogP) is 2.59. The Hall–Kier alpha value is -2.23. The van der Waals surface area contributed by atoms with E-state index in [1.165, 1.54) is 11.1 Å². The van der Waals surface area contributed by atoms with Gasteiger partial charge < -0.3 is 15.8 Å². The van der Waals surface area contributed by atoms with Gasteiger partial charge in [-0.1, -0.05) is 24.3 Å². The molecule has 94 valence electrons. The summed E-state index contributed by atoms with van der Waals surface area (Å²) in [5.74, 6) is 1.20. The molecule has 1 aromatic carbocycles. The van der Waals surface area contributed by atoms with Crippen LogP contribution in [0.3, 0.4) is 0 Å². The highest BCUT2D eigenvalue weighted by Gasteiger charge is 2.03. The Labute approximate surface area is 107 Å². The van der Waals surface area contributed by atoms with E-state index in [1.807, 2.05) is 18.2 Å². The average molecular weight is 243 g/mol. The minimum atomic E-state index is 0.449. The molecule has 3 N–H and O–H groups in total. The topological polar surface area (TPSA) is 60.2 Å². The number of nitrogen functional groups attached to an aromatic ring is 1. The quantitative estimate of drug-likeness (QED) is 0.866. The molecule has 0 bridgehead atoms. The van der Waals surface area contributed by atoms with E-state index in [9.17, 15) is 0 Å². The van der Waals surface area contributed by atoms with Crippen LogP contribution in [0.25, 0.3) is 0 Å². The molecule has 0 saturated carbocycles. The number of ether oxygens (including phenoxy) is 1. The van der Waals surface area contributed by atoms with E-state index in [0.717, 1.165) is 12.4 Å². The molecule has 0 radical (unpaired) electrons. The lowest BCUT2D eigenvalue weighted by molar-refractivity contribution is 0.401. The van der Waals surface area contributed by atoms with Gasteiger partial charge in [-0.3, -0.25) is 0 Å². The highest BCUT2D eigenvalue weighted by molar-refractivity contribution is 5.53. The van der Waals surface area contributed by atoms with Crippen LogP contribution in [-0.2, 0) is 6.54 Å². The van der Waals surface area contributed by atoms with E-state index < -0.39 is 0 Å². The minimum absolute atomic E-state index is 0.449. The number of aryl methyl sites for hydroxylation is 1. The molecule has 0 aliphatic carbocycles. The fourth-order valence-corrected chi connectivity index (χ4v) is 1.71. The maximum absolute atomic E-state index is 5.72. The monoisotopic (exact) mass is 243 g/mol. The molecule has 0 spiro atoms. The first kappa shape index (κ1) is 12.2. The van der Waals surface area contributed by atoms with Crippen molar-refractivity contribution in [2.45, 2.75) is 13.5 Å². The summed E-state index contributed by atoms with van der Waals surface area (Å²) in [6, 6.07) is 11.9. The molecule has 0 fully saturated rings. The number of rotatable bonds is 4. The molecular weight excluding hydrogens is 226 g/mol. The number of methoxy groups -OCH3 is 1. The Morgan fingerprint density at radius 2 is 2.00 bits per heavy atom. The van der Waals surface area contributed by atoms with Gasteiger partial charge in [0.05, 0.1) is 12.8 Å². The van der Waals surface area contributed by atoms with Gasteiger partial charge in [0.15, 0.2) is 0 Å². The van der Waals surface area contributed by atoms with Crippen molar-refractivity contribution in [1.29, 1.82) is 0 Å². The van der Waals surface area contributed by atoms with Crippen LogP contribution in [0.4, 0.5) is 11.5 Å². The van der Waals surface area contributed by atoms with Gasteiger partial charge in [-0.15, -0.1) is 0 Å². The first-order chi connectivity index (χ1) is 8.70. The third-order valence-corrected chi connectivity index (χ3v) is 2.80. The number of benzene rings is 1. The highest BCUT2D eigenvalue weighted by Crippen LogP contribution is 2.20. The van der Waals surface area contributed by atoms with Crippen molar-refractivity contribution in [2.75, 3.05) is 18.2 Å². The first-order valence-corrected chi connectivity index (χ1v) is 5.79. The van der Waals surface area contributed by atoms with E-state index in [1.54, 1.807) is 13.2 Å². The molecule has 1 heterocycles. The normalized spacial score (nSPS) is 10.1. The van der Waals surface area contributed by atoms with Crippen LogP contribution in [0.5, 0.6) is 5.88 Å². The minimum Gasteiger partial charge on any atom is -0.479 e. The van der Waals surface area contributed by atoms with Gasteiger partial charge in [-0.05, 0) is 30.2 Å². The van der Waals surface area contributed by atoms with Crippen molar-refractivity contribution in [3.8, 4) is 5.88 Å². The Balaban J connectivity index is 2.09. The summed E-state index contributed by atoms with van der Waals surface area (Å²) in [7, 11) is 1.56. The number of anilines is 2. The fourth-order valence-electron chi connectivity index (χ4n) is 1.71. The Kier molecular flexibility index (Phi) is 3.67. The van der Waals surface area contributed by atoms with Crippen molar-refractivity contribution < 1.29 is 4.74 Å².